The SMILES string of the molecule is Cc1ccc(C(=O)N2CCC(Nc3ncnc4ccc(S(C)(=O)=O)cc34)CC2)cc1. The fourth-order valence-corrected chi connectivity index (χ4v) is 4.33. The molecule has 1 N–H and O–H groups in total. The molecule has 0 radical (unpaired) electrons. The predicted octanol–water partition coefficient (Wildman–Crippen LogP) is 3.06. The van der Waals surface area contributed by atoms with E-state index in [1.165, 1.54) is 12.6 Å². The Labute approximate surface area is 176 Å². The van der Waals surface area contributed by atoms with E-state index in [9.17, 15) is 13.2 Å². The maximum Gasteiger partial charge on any atom is 0.253 e. The molecular formula is C22H24N4O3S. The molecule has 0 atom stereocenters. The van der Waals surface area contributed by atoms with Crippen LogP contribution in [0.3, 0.4) is 0 Å². The summed E-state index contributed by atoms with van der Waals surface area (Å²) in [6.07, 6.45) is 4.23. The van der Waals surface area contributed by atoms with Crippen molar-refractivity contribution in [3.63, 3.8) is 0 Å². The number of carbonyl (C=O) groups excluding carboxylic acids is 1. The normalized spacial score (nSPS) is 15.3. The Morgan fingerprint density at radius 2 is 1.77 bits per heavy atom. The fraction of sp³-hybridized carbons (Fsp3) is 0.318. The average molecular weight is 425 g/mol. The monoisotopic (exact) mass is 424 g/mol. The van der Waals surface area contributed by atoms with Gasteiger partial charge in [-0.25, -0.2) is 18.4 Å². The zero-order chi connectivity index (χ0) is 21.3. The maximum atomic E-state index is 12.7. The van der Waals surface area contributed by atoms with Crippen LogP contribution >= 0.6 is 0 Å². The number of fused-ring (bicyclic) bond motifs is 1. The second kappa shape index (κ2) is 8.02. The molecule has 1 aliphatic rings. The number of carbonyl (C=O) groups is 1. The average Bonchev–Trinajstić information content (AvgIpc) is 2.74. The number of nitrogens with zero attached hydrogens (tertiary/aromatic N) is 3. The minimum atomic E-state index is -3.32. The number of sulfone groups is 1. The Bertz CT molecular complexity index is 1180. The van der Waals surface area contributed by atoms with Crippen molar-refractivity contribution in [3.05, 3.63) is 59.9 Å². The third-order valence-electron chi connectivity index (χ3n) is 5.46. The van der Waals surface area contributed by atoms with Crippen LogP contribution in [0, 0.1) is 6.92 Å². The van der Waals surface area contributed by atoms with Gasteiger partial charge < -0.3 is 10.2 Å². The van der Waals surface area contributed by atoms with Gasteiger partial charge in [-0.15, -0.1) is 0 Å². The molecule has 7 nitrogen and oxygen atoms in total. The molecule has 8 heteroatoms. The van der Waals surface area contributed by atoms with Gasteiger partial charge in [-0.05, 0) is 50.1 Å². The minimum Gasteiger partial charge on any atom is -0.367 e. The number of likely N-dealkylation sites (tertiary alicyclic amines) is 1. The number of amides is 1. The van der Waals surface area contributed by atoms with E-state index in [0.29, 0.717) is 35.4 Å². The van der Waals surface area contributed by atoms with Crippen LogP contribution in [0.15, 0.2) is 53.7 Å². The van der Waals surface area contributed by atoms with Crippen LogP contribution in [0.5, 0.6) is 0 Å². The van der Waals surface area contributed by atoms with Gasteiger partial charge in [0, 0.05) is 36.3 Å². The standard InChI is InChI=1S/C22H24N4O3S/c1-15-3-5-16(6-4-15)22(27)26-11-9-17(10-12-26)25-21-19-13-18(30(2,28)29)7-8-20(19)23-14-24-21/h3-8,13-14,17H,9-12H2,1-2H3,(H,23,24,25). The quantitative estimate of drug-likeness (QED) is 0.692. The second-order valence-corrected chi connectivity index (χ2v) is 9.77. The van der Waals surface area contributed by atoms with E-state index in [1.807, 2.05) is 36.1 Å². The van der Waals surface area contributed by atoms with Crippen LogP contribution < -0.4 is 5.32 Å². The van der Waals surface area contributed by atoms with E-state index >= 15 is 0 Å². The van der Waals surface area contributed by atoms with Crippen LogP contribution in [0.2, 0.25) is 0 Å². The molecular weight excluding hydrogens is 400 g/mol. The summed E-state index contributed by atoms with van der Waals surface area (Å²) in [7, 11) is -3.32. The number of benzene rings is 2. The number of piperidine rings is 1. The lowest BCUT2D eigenvalue weighted by atomic mass is 10.0. The molecule has 0 aliphatic carbocycles. The van der Waals surface area contributed by atoms with Crippen molar-refractivity contribution in [1.82, 2.24) is 14.9 Å². The summed E-state index contributed by atoms with van der Waals surface area (Å²) in [6, 6.07) is 12.7. The Morgan fingerprint density at radius 3 is 2.43 bits per heavy atom. The summed E-state index contributed by atoms with van der Waals surface area (Å²) in [5, 5.41) is 4.10. The van der Waals surface area contributed by atoms with E-state index in [1.54, 1.807) is 18.2 Å². The summed E-state index contributed by atoms with van der Waals surface area (Å²) >= 11 is 0. The zero-order valence-corrected chi connectivity index (χ0v) is 17.8. The lowest BCUT2D eigenvalue weighted by Crippen LogP contribution is -2.42. The lowest BCUT2D eigenvalue weighted by molar-refractivity contribution is 0.0718. The second-order valence-electron chi connectivity index (χ2n) is 7.75. The number of rotatable bonds is 4. The van der Waals surface area contributed by atoms with Crippen molar-refractivity contribution < 1.29 is 13.2 Å². The molecule has 2 heterocycles. The van der Waals surface area contributed by atoms with Crippen LogP contribution in [0.25, 0.3) is 10.9 Å². The smallest absolute Gasteiger partial charge is 0.253 e. The lowest BCUT2D eigenvalue weighted by Gasteiger charge is -2.33. The van der Waals surface area contributed by atoms with Gasteiger partial charge in [-0.1, -0.05) is 17.7 Å². The fourth-order valence-electron chi connectivity index (χ4n) is 3.68. The van der Waals surface area contributed by atoms with E-state index in [0.717, 1.165) is 18.4 Å². The van der Waals surface area contributed by atoms with Crippen LogP contribution in [-0.4, -0.2) is 54.6 Å². The van der Waals surface area contributed by atoms with E-state index in [4.69, 9.17) is 0 Å². The molecule has 4 rings (SSSR count). The van der Waals surface area contributed by atoms with Crippen molar-refractivity contribution in [2.45, 2.75) is 30.7 Å². The van der Waals surface area contributed by atoms with Crippen LogP contribution in [0.4, 0.5) is 5.82 Å². The molecule has 3 aromatic rings. The summed E-state index contributed by atoms with van der Waals surface area (Å²) < 4.78 is 23.8. The maximum absolute atomic E-state index is 12.7. The molecule has 1 aliphatic heterocycles. The molecule has 1 saturated heterocycles. The summed E-state index contributed by atoms with van der Waals surface area (Å²) in [6.45, 7) is 3.31. The number of aryl methyl sites for hydroxylation is 1. The first-order chi connectivity index (χ1) is 14.3. The highest BCUT2D eigenvalue weighted by molar-refractivity contribution is 7.90. The molecule has 0 bridgehead atoms. The largest absolute Gasteiger partial charge is 0.367 e. The van der Waals surface area contributed by atoms with Gasteiger partial charge in [-0.3, -0.25) is 4.79 Å². The molecule has 0 unspecified atom stereocenters. The molecule has 1 fully saturated rings. The van der Waals surface area contributed by atoms with Gasteiger partial charge in [0.15, 0.2) is 9.84 Å². The highest BCUT2D eigenvalue weighted by Gasteiger charge is 2.24. The number of aromatic nitrogens is 2. The molecule has 0 spiro atoms. The van der Waals surface area contributed by atoms with Crippen LogP contribution in [-0.2, 0) is 9.84 Å². The highest BCUT2D eigenvalue weighted by atomic mass is 32.2. The molecule has 0 saturated carbocycles. The molecule has 1 amide bonds. The van der Waals surface area contributed by atoms with E-state index in [2.05, 4.69) is 15.3 Å². The Kier molecular flexibility index (Phi) is 5.42. The summed E-state index contributed by atoms with van der Waals surface area (Å²) in [5.41, 5.74) is 2.53. The van der Waals surface area contributed by atoms with Crippen LogP contribution in [0.1, 0.15) is 28.8 Å². The molecule has 30 heavy (non-hydrogen) atoms. The highest BCUT2D eigenvalue weighted by Crippen LogP contribution is 2.25. The Hall–Kier alpha value is -3.00. The summed E-state index contributed by atoms with van der Waals surface area (Å²) in [4.78, 5) is 23.4. The Morgan fingerprint density at radius 1 is 1.07 bits per heavy atom. The number of hydrogen-bond donors (Lipinski definition) is 1. The van der Waals surface area contributed by atoms with Gasteiger partial charge in [0.2, 0.25) is 0 Å². The number of nitrogens with one attached hydrogen (secondary N) is 1. The van der Waals surface area contributed by atoms with Gasteiger partial charge in [0.1, 0.15) is 12.1 Å². The Balaban J connectivity index is 1.47. The van der Waals surface area contributed by atoms with Crippen molar-refractivity contribution in [1.29, 1.82) is 0 Å². The first kappa shape index (κ1) is 20.3. The number of anilines is 1. The van der Waals surface area contributed by atoms with Crippen molar-refractivity contribution in [2.75, 3.05) is 24.7 Å². The van der Waals surface area contributed by atoms with E-state index in [-0.39, 0.29) is 16.8 Å². The van der Waals surface area contributed by atoms with Gasteiger partial charge >= 0.3 is 0 Å². The van der Waals surface area contributed by atoms with Gasteiger partial charge in [-0.2, -0.15) is 0 Å². The first-order valence-corrected chi connectivity index (χ1v) is 11.8. The zero-order valence-electron chi connectivity index (χ0n) is 17.0. The van der Waals surface area contributed by atoms with Crippen molar-refractivity contribution in [3.8, 4) is 0 Å². The third-order valence-corrected chi connectivity index (χ3v) is 6.57. The van der Waals surface area contributed by atoms with Crippen molar-refractivity contribution in [2.24, 2.45) is 0 Å². The van der Waals surface area contributed by atoms with E-state index < -0.39 is 9.84 Å². The predicted molar refractivity (Wildman–Crippen MR) is 116 cm³/mol. The first-order valence-electron chi connectivity index (χ1n) is 9.88. The molecule has 156 valence electrons. The minimum absolute atomic E-state index is 0.0544. The third kappa shape index (κ3) is 4.28. The summed E-state index contributed by atoms with van der Waals surface area (Å²) in [5.74, 6) is 0.674. The molecule has 2 aromatic carbocycles. The molecule has 1 aromatic heterocycles. The van der Waals surface area contributed by atoms with Gasteiger partial charge in [0.25, 0.3) is 5.91 Å². The number of hydrogen-bond acceptors (Lipinski definition) is 6. The topological polar surface area (TPSA) is 92.3 Å². The van der Waals surface area contributed by atoms with Crippen molar-refractivity contribution >= 4 is 32.5 Å². The van der Waals surface area contributed by atoms with Gasteiger partial charge in [0.05, 0.1) is 10.4 Å².